The molecule has 0 aliphatic heterocycles. The minimum absolute atomic E-state index is 0.177. The highest BCUT2D eigenvalue weighted by molar-refractivity contribution is 5.56. The van der Waals surface area contributed by atoms with Gasteiger partial charge in [0.25, 0.3) is 0 Å². The Morgan fingerprint density at radius 3 is 2.94 bits per heavy atom. The molecule has 2 heterocycles. The number of hydrogen-bond acceptors (Lipinski definition) is 5. The SMILES string of the molecule is CCCCC(N)c1nc(-c2ccoc2C)no1. The molecule has 0 amide bonds. The molecule has 0 fully saturated rings. The summed E-state index contributed by atoms with van der Waals surface area (Å²) in [6, 6.07) is 1.64. The lowest BCUT2D eigenvalue weighted by molar-refractivity contribution is 0.346. The van der Waals surface area contributed by atoms with Crippen molar-refractivity contribution < 1.29 is 8.94 Å². The third-order valence-electron chi connectivity index (χ3n) is 2.73. The van der Waals surface area contributed by atoms with E-state index in [1.807, 2.05) is 13.0 Å². The predicted molar refractivity (Wildman–Crippen MR) is 63.2 cm³/mol. The highest BCUT2D eigenvalue weighted by atomic mass is 16.5. The summed E-state index contributed by atoms with van der Waals surface area (Å²) in [5.41, 5.74) is 6.82. The fourth-order valence-corrected chi connectivity index (χ4v) is 1.66. The highest BCUT2D eigenvalue weighted by Crippen LogP contribution is 2.23. The molecule has 5 heteroatoms. The van der Waals surface area contributed by atoms with Crippen molar-refractivity contribution in [2.45, 2.75) is 39.2 Å². The second-order valence-corrected chi connectivity index (χ2v) is 4.10. The molecule has 5 nitrogen and oxygen atoms in total. The zero-order valence-corrected chi connectivity index (χ0v) is 10.1. The van der Waals surface area contributed by atoms with Gasteiger partial charge in [-0.15, -0.1) is 0 Å². The van der Waals surface area contributed by atoms with Crippen LogP contribution in [0.3, 0.4) is 0 Å². The van der Waals surface area contributed by atoms with E-state index < -0.39 is 0 Å². The van der Waals surface area contributed by atoms with Gasteiger partial charge in [-0.05, 0) is 19.4 Å². The Bertz CT molecular complexity index is 476. The summed E-state index contributed by atoms with van der Waals surface area (Å²) in [5.74, 6) is 1.81. The van der Waals surface area contributed by atoms with E-state index in [9.17, 15) is 0 Å². The van der Waals surface area contributed by atoms with Crippen LogP contribution in [0, 0.1) is 6.92 Å². The summed E-state index contributed by atoms with van der Waals surface area (Å²) < 4.78 is 10.4. The summed E-state index contributed by atoms with van der Waals surface area (Å²) in [6.45, 7) is 3.99. The van der Waals surface area contributed by atoms with Crippen molar-refractivity contribution in [3.63, 3.8) is 0 Å². The summed E-state index contributed by atoms with van der Waals surface area (Å²) >= 11 is 0. The molecule has 0 aliphatic carbocycles. The van der Waals surface area contributed by atoms with E-state index in [-0.39, 0.29) is 6.04 Å². The molecule has 0 saturated heterocycles. The maximum Gasteiger partial charge on any atom is 0.243 e. The number of aryl methyl sites for hydroxylation is 1. The second kappa shape index (κ2) is 5.14. The molecule has 92 valence electrons. The van der Waals surface area contributed by atoms with Crippen molar-refractivity contribution >= 4 is 0 Å². The van der Waals surface area contributed by atoms with E-state index in [0.717, 1.165) is 30.6 Å². The molecular formula is C12H17N3O2. The Morgan fingerprint density at radius 1 is 1.47 bits per heavy atom. The Kier molecular flexibility index (Phi) is 3.58. The van der Waals surface area contributed by atoms with Gasteiger partial charge >= 0.3 is 0 Å². The molecule has 1 unspecified atom stereocenters. The molecule has 0 aromatic carbocycles. The smallest absolute Gasteiger partial charge is 0.243 e. The maximum atomic E-state index is 5.97. The van der Waals surface area contributed by atoms with Gasteiger partial charge < -0.3 is 14.7 Å². The van der Waals surface area contributed by atoms with Crippen LogP contribution in [0.1, 0.15) is 43.9 Å². The maximum absolute atomic E-state index is 5.97. The summed E-state index contributed by atoms with van der Waals surface area (Å²) in [6.07, 6.45) is 4.64. The first-order valence-corrected chi connectivity index (χ1v) is 5.86. The summed E-state index contributed by atoms with van der Waals surface area (Å²) in [7, 11) is 0. The summed E-state index contributed by atoms with van der Waals surface area (Å²) in [5, 5.41) is 3.92. The van der Waals surface area contributed by atoms with Crippen molar-refractivity contribution in [3.8, 4) is 11.4 Å². The molecule has 2 N–H and O–H groups in total. The first kappa shape index (κ1) is 11.9. The molecule has 0 aliphatic rings. The number of hydrogen-bond donors (Lipinski definition) is 1. The molecule has 0 saturated carbocycles. The van der Waals surface area contributed by atoms with E-state index >= 15 is 0 Å². The molecule has 2 rings (SSSR count). The molecular weight excluding hydrogens is 218 g/mol. The predicted octanol–water partition coefficient (Wildman–Crippen LogP) is 2.83. The zero-order valence-electron chi connectivity index (χ0n) is 10.1. The Labute approximate surface area is 100.0 Å². The van der Waals surface area contributed by atoms with Gasteiger partial charge in [0.15, 0.2) is 0 Å². The molecule has 0 spiro atoms. The van der Waals surface area contributed by atoms with Gasteiger partial charge in [0.1, 0.15) is 5.76 Å². The highest BCUT2D eigenvalue weighted by Gasteiger charge is 2.17. The van der Waals surface area contributed by atoms with E-state index in [1.54, 1.807) is 6.26 Å². The van der Waals surface area contributed by atoms with Crippen LogP contribution in [0.25, 0.3) is 11.4 Å². The largest absolute Gasteiger partial charge is 0.469 e. The normalized spacial score (nSPS) is 12.9. The van der Waals surface area contributed by atoms with Crippen molar-refractivity contribution in [2.24, 2.45) is 5.73 Å². The quantitative estimate of drug-likeness (QED) is 0.862. The van der Waals surface area contributed by atoms with Crippen molar-refractivity contribution in [3.05, 3.63) is 24.0 Å². The van der Waals surface area contributed by atoms with Crippen molar-refractivity contribution in [1.29, 1.82) is 0 Å². The topological polar surface area (TPSA) is 78.1 Å². The van der Waals surface area contributed by atoms with E-state index in [4.69, 9.17) is 14.7 Å². The van der Waals surface area contributed by atoms with Crippen LogP contribution in [0.5, 0.6) is 0 Å². The molecule has 0 radical (unpaired) electrons. The number of nitrogens with zero attached hydrogens (tertiary/aromatic N) is 2. The van der Waals surface area contributed by atoms with Gasteiger partial charge in [-0.2, -0.15) is 4.98 Å². The van der Waals surface area contributed by atoms with Crippen LogP contribution in [-0.2, 0) is 0 Å². The number of unbranched alkanes of at least 4 members (excludes halogenated alkanes) is 1. The minimum atomic E-state index is -0.177. The zero-order chi connectivity index (χ0) is 12.3. The van der Waals surface area contributed by atoms with E-state index in [0.29, 0.717) is 11.7 Å². The minimum Gasteiger partial charge on any atom is -0.469 e. The van der Waals surface area contributed by atoms with Crippen LogP contribution in [0.4, 0.5) is 0 Å². The number of nitrogens with two attached hydrogens (primary N) is 1. The van der Waals surface area contributed by atoms with Crippen LogP contribution in [0.15, 0.2) is 21.3 Å². The summed E-state index contributed by atoms with van der Waals surface area (Å²) in [4.78, 5) is 4.30. The van der Waals surface area contributed by atoms with Gasteiger partial charge in [0.05, 0.1) is 17.9 Å². The lowest BCUT2D eigenvalue weighted by Crippen LogP contribution is -2.10. The van der Waals surface area contributed by atoms with Crippen LogP contribution < -0.4 is 5.73 Å². The van der Waals surface area contributed by atoms with Crippen LogP contribution >= 0.6 is 0 Å². The van der Waals surface area contributed by atoms with Gasteiger partial charge in [-0.1, -0.05) is 24.9 Å². The first-order valence-electron chi connectivity index (χ1n) is 5.86. The van der Waals surface area contributed by atoms with Gasteiger partial charge in [0.2, 0.25) is 11.7 Å². The number of furan rings is 1. The number of rotatable bonds is 5. The average molecular weight is 235 g/mol. The average Bonchev–Trinajstić information content (AvgIpc) is 2.93. The third kappa shape index (κ3) is 2.55. The van der Waals surface area contributed by atoms with Crippen molar-refractivity contribution in [1.82, 2.24) is 10.1 Å². The van der Waals surface area contributed by atoms with E-state index in [2.05, 4.69) is 17.1 Å². The third-order valence-corrected chi connectivity index (χ3v) is 2.73. The van der Waals surface area contributed by atoms with Gasteiger partial charge in [-0.25, -0.2) is 0 Å². The van der Waals surface area contributed by atoms with Crippen LogP contribution in [-0.4, -0.2) is 10.1 Å². The fourth-order valence-electron chi connectivity index (χ4n) is 1.66. The Hall–Kier alpha value is -1.62. The second-order valence-electron chi connectivity index (χ2n) is 4.10. The molecule has 17 heavy (non-hydrogen) atoms. The van der Waals surface area contributed by atoms with Crippen LogP contribution in [0.2, 0.25) is 0 Å². The standard InChI is InChI=1S/C12H17N3O2/c1-3-4-5-10(13)12-14-11(15-17-12)9-6-7-16-8(9)2/h6-7,10H,3-5,13H2,1-2H3. The first-order chi connectivity index (χ1) is 8.22. The molecule has 1 atom stereocenters. The lowest BCUT2D eigenvalue weighted by atomic mass is 10.1. The Balaban J connectivity index is 2.13. The Morgan fingerprint density at radius 2 is 2.29 bits per heavy atom. The lowest BCUT2D eigenvalue weighted by Gasteiger charge is -2.03. The van der Waals surface area contributed by atoms with Gasteiger partial charge in [0, 0.05) is 0 Å². The molecule has 2 aromatic heterocycles. The number of aromatic nitrogens is 2. The van der Waals surface area contributed by atoms with E-state index in [1.165, 1.54) is 0 Å². The fraction of sp³-hybridized carbons (Fsp3) is 0.500. The molecule has 0 bridgehead atoms. The molecule has 2 aromatic rings. The van der Waals surface area contributed by atoms with Gasteiger partial charge in [-0.3, -0.25) is 0 Å². The van der Waals surface area contributed by atoms with Crippen molar-refractivity contribution in [2.75, 3.05) is 0 Å². The monoisotopic (exact) mass is 235 g/mol.